The van der Waals surface area contributed by atoms with Gasteiger partial charge in [-0.15, -0.1) is 0 Å². The van der Waals surface area contributed by atoms with Crippen LogP contribution in [0.2, 0.25) is 0 Å². The Kier molecular flexibility index (Phi) is 4.50. The van der Waals surface area contributed by atoms with Gasteiger partial charge in [-0.2, -0.15) is 0 Å². The van der Waals surface area contributed by atoms with Gasteiger partial charge in [0.25, 0.3) is 0 Å². The first-order valence-electron chi connectivity index (χ1n) is 6.09. The number of ketones is 1. The zero-order chi connectivity index (χ0) is 14.4. The number of hydrogen-bond acceptors (Lipinski definition) is 4. The van der Waals surface area contributed by atoms with E-state index in [0.29, 0.717) is 17.1 Å². The monoisotopic (exact) mass is 269 g/mol. The lowest BCUT2D eigenvalue weighted by molar-refractivity contribution is 0.104. The van der Waals surface area contributed by atoms with Gasteiger partial charge in [0.1, 0.15) is 11.5 Å². The van der Waals surface area contributed by atoms with Gasteiger partial charge >= 0.3 is 0 Å². The van der Waals surface area contributed by atoms with Crippen LogP contribution in [0.15, 0.2) is 48.8 Å². The molecule has 2 aromatic rings. The summed E-state index contributed by atoms with van der Waals surface area (Å²) in [5, 5.41) is 0. The number of methoxy groups -OCH3 is 2. The van der Waals surface area contributed by atoms with Crippen molar-refractivity contribution in [1.29, 1.82) is 0 Å². The van der Waals surface area contributed by atoms with E-state index in [1.807, 2.05) is 12.1 Å². The second-order valence-electron chi connectivity index (χ2n) is 4.04. The van der Waals surface area contributed by atoms with Gasteiger partial charge in [0.2, 0.25) is 0 Å². The minimum absolute atomic E-state index is 0.0785. The number of nitrogens with zero attached hydrogens (tertiary/aromatic N) is 1. The summed E-state index contributed by atoms with van der Waals surface area (Å²) >= 11 is 0. The molecule has 4 nitrogen and oxygen atoms in total. The molecule has 2 rings (SSSR count). The Bertz CT molecular complexity index is 621. The van der Waals surface area contributed by atoms with Gasteiger partial charge in [0, 0.05) is 29.6 Å². The van der Waals surface area contributed by atoms with Gasteiger partial charge in [-0.05, 0) is 36.4 Å². The molecule has 0 aliphatic carbocycles. The Morgan fingerprint density at radius 2 is 1.85 bits per heavy atom. The Morgan fingerprint density at radius 3 is 2.50 bits per heavy atom. The minimum atomic E-state index is -0.0785. The van der Waals surface area contributed by atoms with Crippen molar-refractivity contribution in [2.24, 2.45) is 0 Å². The third-order valence-electron chi connectivity index (χ3n) is 2.82. The number of pyridine rings is 1. The molecule has 102 valence electrons. The second kappa shape index (κ2) is 6.52. The van der Waals surface area contributed by atoms with Crippen LogP contribution >= 0.6 is 0 Å². The third-order valence-corrected chi connectivity index (χ3v) is 2.82. The van der Waals surface area contributed by atoms with E-state index in [4.69, 9.17) is 9.47 Å². The number of allylic oxidation sites excluding steroid dienone is 1. The smallest absolute Gasteiger partial charge is 0.185 e. The van der Waals surface area contributed by atoms with Crippen LogP contribution in [0.5, 0.6) is 11.5 Å². The lowest BCUT2D eigenvalue weighted by atomic mass is 10.1. The number of benzene rings is 1. The zero-order valence-corrected chi connectivity index (χ0v) is 11.4. The highest BCUT2D eigenvalue weighted by Gasteiger charge is 2.04. The van der Waals surface area contributed by atoms with Crippen molar-refractivity contribution in [2.45, 2.75) is 0 Å². The van der Waals surface area contributed by atoms with E-state index in [0.717, 1.165) is 5.56 Å². The molecular formula is C16H15NO3. The number of rotatable bonds is 5. The predicted octanol–water partition coefficient (Wildman–Crippen LogP) is 2.99. The summed E-state index contributed by atoms with van der Waals surface area (Å²) in [5.41, 5.74) is 1.42. The average molecular weight is 269 g/mol. The highest BCUT2D eigenvalue weighted by molar-refractivity contribution is 6.06. The fourth-order valence-corrected chi connectivity index (χ4v) is 1.73. The highest BCUT2D eigenvalue weighted by atomic mass is 16.5. The molecule has 0 aliphatic heterocycles. The van der Waals surface area contributed by atoms with Gasteiger partial charge < -0.3 is 9.47 Å². The first-order valence-corrected chi connectivity index (χ1v) is 6.09. The maximum Gasteiger partial charge on any atom is 0.185 e. The van der Waals surface area contributed by atoms with Crippen molar-refractivity contribution in [1.82, 2.24) is 4.98 Å². The third kappa shape index (κ3) is 3.23. The SMILES string of the molecule is COc1ccc(C=CC(=O)c2ccncc2)c(OC)c1. The van der Waals surface area contributed by atoms with Crippen molar-refractivity contribution < 1.29 is 14.3 Å². The van der Waals surface area contributed by atoms with E-state index in [1.165, 1.54) is 6.08 Å². The summed E-state index contributed by atoms with van der Waals surface area (Å²) in [5.74, 6) is 1.29. The first-order chi connectivity index (χ1) is 9.74. The van der Waals surface area contributed by atoms with Crippen molar-refractivity contribution in [3.8, 4) is 11.5 Å². The summed E-state index contributed by atoms with van der Waals surface area (Å²) in [7, 11) is 3.17. The van der Waals surface area contributed by atoms with Crippen LogP contribution < -0.4 is 9.47 Å². The fraction of sp³-hybridized carbons (Fsp3) is 0.125. The van der Waals surface area contributed by atoms with Crippen LogP contribution in [0.4, 0.5) is 0 Å². The summed E-state index contributed by atoms with van der Waals surface area (Å²) in [6.07, 6.45) is 6.42. The lowest BCUT2D eigenvalue weighted by Crippen LogP contribution is -1.94. The summed E-state index contributed by atoms with van der Waals surface area (Å²) in [6.45, 7) is 0. The highest BCUT2D eigenvalue weighted by Crippen LogP contribution is 2.25. The van der Waals surface area contributed by atoms with Gasteiger partial charge in [-0.1, -0.05) is 0 Å². The van der Waals surface area contributed by atoms with E-state index < -0.39 is 0 Å². The topological polar surface area (TPSA) is 48.4 Å². The quantitative estimate of drug-likeness (QED) is 0.618. The fourth-order valence-electron chi connectivity index (χ4n) is 1.73. The molecule has 0 spiro atoms. The lowest BCUT2D eigenvalue weighted by Gasteiger charge is -2.07. The molecule has 0 radical (unpaired) electrons. The van der Waals surface area contributed by atoms with Gasteiger partial charge in [0.15, 0.2) is 5.78 Å². The Balaban J connectivity index is 2.21. The minimum Gasteiger partial charge on any atom is -0.497 e. The van der Waals surface area contributed by atoms with Crippen LogP contribution in [-0.4, -0.2) is 25.0 Å². The molecule has 4 heteroatoms. The van der Waals surface area contributed by atoms with Gasteiger partial charge in [-0.25, -0.2) is 0 Å². The normalized spacial score (nSPS) is 10.5. The standard InChI is InChI=1S/C16H15NO3/c1-19-14-5-3-13(16(11-14)20-2)4-6-15(18)12-7-9-17-10-8-12/h3-11H,1-2H3. The zero-order valence-electron chi connectivity index (χ0n) is 11.4. The molecule has 0 saturated carbocycles. The largest absolute Gasteiger partial charge is 0.497 e. The van der Waals surface area contributed by atoms with E-state index >= 15 is 0 Å². The van der Waals surface area contributed by atoms with Gasteiger partial charge in [0.05, 0.1) is 14.2 Å². The molecule has 1 heterocycles. The molecule has 0 aliphatic rings. The summed E-state index contributed by atoms with van der Waals surface area (Å²) < 4.78 is 10.4. The van der Waals surface area contributed by atoms with Crippen LogP contribution in [0.25, 0.3) is 6.08 Å². The van der Waals surface area contributed by atoms with Crippen molar-refractivity contribution >= 4 is 11.9 Å². The number of ether oxygens (including phenoxy) is 2. The van der Waals surface area contributed by atoms with Crippen LogP contribution in [0.3, 0.4) is 0 Å². The molecule has 0 saturated heterocycles. The summed E-state index contributed by atoms with van der Waals surface area (Å²) in [4.78, 5) is 15.8. The second-order valence-corrected chi connectivity index (χ2v) is 4.04. The number of hydrogen-bond donors (Lipinski definition) is 0. The first kappa shape index (κ1) is 13.8. The maximum absolute atomic E-state index is 12.0. The Morgan fingerprint density at radius 1 is 1.10 bits per heavy atom. The molecule has 1 aromatic carbocycles. The van der Waals surface area contributed by atoms with E-state index in [-0.39, 0.29) is 5.78 Å². The maximum atomic E-state index is 12.0. The Hall–Kier alpha value is -2.62. The van der Waals surface area contributed by atoms with Crippen molar-refractivity contribution in [3.63, 3.8) is 0 Å². The molecule has 0 N–H and O–H groups in total. The molecular weight excluding hydrogens is 254 g/mol. The molecule has 0 fully saturated rings. The molecule has 20 heavy (non-hydrogen) atoms. The number of carbonyl (C=O) groups is 1. The predicted molar refractivity (Wildman–Crippen MR) is 77.1 cm³/mol. The average Bonchev–Trinajstić information content (AvgIpc) is 2.53. The van der Waals surface area contributed by atoms with Crippen LogP contribution in [0.1, 0.15) is 15.9 Å². The Labute approximate surface area is 117 Å². The van der Waals surface area contributed by atoms with Crippen LogP contribution in [-0.2, 0) is 0 Å². The molecule has 0 unspecified atom stereocenters. The van der Waals surface area contributed by atoms with Crippen LogP contribution in [0, 0.1) is 0 Å². The number of aromatic nitrogens is 1. The molecule has 0 amide bonds. The van der Waals surface area contributed by atoms with E-state index in [1.54, 1.807) is 50.9 Å². The molecule has 0 bridgehead atoms. The number of carbonyl (C=O) groups excluding carboxylic acids is 1. The molecule has 1 aromatic heterocycles. The van der Waals surface area contributed by atoms with Crippen molar-refractivity contribution in [3.05, 3.63) is 59.9 Å². The van der Waals surface area contributed by atoms with E-state index in [2.05, 4.69) is 4.98 Å². The van der Waals surface area contributed by atoms with Crippen molar-refractivity contribution in [2.75, 3.05) is 14.2 Å². The summed E-state index contributed by atoms with van der Waals surface area (Å²) in [6, 6.07) is 8.79. The van der Waals surface area contributed by atoms with Gasteiger partial charge in [-0.3, -0.25) is 9.78 Å². The van der Waals surface area contributed by atoms with E-state index in [9.17, 15) is 4.79 Å². The molecule has 0 atom stereocenters.